The van der Waals surface area contributed by atoms with E-state index in [1.165, 1.54) is 11.3 Å². The summed E-state index contributed by atoms with van der Waals surface area (Å²) in [7, 11) is 0. The van der Waals surface area contributed by atoms with Crippen LogP contribution in [0.25, 0.3) is 0 Å². The highest BCUT2D eigenvalue weighted by Gasteiger charge is 2.20. The van der Waals surface area contributed by atoms with E-state index in [1.807, 2.05) is 19.2 Å². The number of carbonyl (C=O) groups excluding carboxylic acids is 1. The van der Waals surface area contributed by atoms with Crippen LogP contribution in [-0.2, 0) is 11.2 Å². The van der Waals surface area contributed by atoms with Crippen molar-refractivity contribution in [3.63, 3.8) is 0 Å². The lowest BCUT2D eigenvalue weighted by atomic mass is 10.1. The summed E-state index contributed by atoms with van der Waals surface area (Å²) in [5, 5.41) is 14.6. The van der Waals surface area contributed by atoms with Gasteiger partial charge in [0.1, 0.15) is 5.01 Å². The molecule has 1 amide bonds. The van der Waals surface area contributed by atoms with Gasteiger partial charge in [-0.25, -0.2) is 4.98 Å². The van der Waals surface area contributed by atoms with Crippen LogP contribution in [0.2, 0.25) is 0 Å². The van der Waals surface area contributed by atoms with Gasteiger partial charge in [0.05, 0.1) is 30.3 Å². The molecule has 1 aromatic heterocycles. The fourth-order valence-electron chi connectivity index (χ4n) is 1.47. The normalized spacial score (nSPS) is 13.6. The van der Waals surface area contributed by atoms with E-state index < -0.39 is 5.54 Å². The SMILES string of the molecule is CC(C)C(N)c1nc(CC(=O)NC(C)(C)CO)cs1. The predicted molar refractivity (Wildman–Crippen MR) is 76.9 cm³/mol. The van der Waals surface area contributed by atoms with Crippen LogP contribution in [0.15, 0.2) is 5.38 Å². The van der Waals surface area contributed by atoms with Crippen molar-refractivity contribution < 1.29 is 9.90 Å². The molecule has 1 heterocycles. The molecule has 0 bridgehead atoms. The average Bonchev–Trinajstić information content (AvgIpc) is 2.75. The fraction of sp³-hybridized carbons (Fsp3) is 0.692. The molecule has 6 heteroatoms. The molecule has 1 unspecified atom stereocenters. The number of aliphatic hydroxyl groups excluding tert-OH is 1. The number of amides is 1. The highest BCUT2D eigenvalue weighted by atomic mass is 32.1. The molecular weight excluding hydrogens is 262 g/mol. The summed E-state index contributed by atoms with van der Waals surface area (Å²) in [6, 6.07) is -0.0873. The lowest BCUT2D eigenvalue weighted by Crippen LogP contribution is -2.46. The third-order valence-electron chi connectivity index (χ3n) is 2.79. The highest BCUT2D eigenvalue weighted by Crippen LogP contribution is 2.22. The number of nitrogens with zero attached hydrogens (tertiary/aromatic N) is 1. The Kier molecular flexibility index (Phi) is 5.46. The summed E-state index contributed by atoms with van der Waals surface area (Å²) in [4.78, 5) is 16.2. The molecule has 108 valence electrons. The van der Waals surface area contributed by atoms with E-state index in [-0.39, 0.29) is 25.0 Å². The predicted octanol–water partition coefficient (Wildman–Crippen LogP) is 1.23. The minimum Gasteiger partial charge on any atom is -0.394 e. The van der Waals surface area contributed by atoms with E-state index in [9.17, 15) is 4.79 Å². The van der Waals surface area contributed by atoms with Gasteiger partial charge >= 0.3 is 0 Å². The maximum absolute atomic E-state index is 11.8. The van der Waals surface area contributed by atoms with E-state index in [0.29, 0.717) is 5.92 Å². The Balaban J connectivity index is 2.61. The first-order valence-electron chi connectivity index (χ1n) is 6.37. The molecule has 0 saturated heterocycles. The summed E-state index contributed by atoms with van der Waals surface area (Å²) >= 11 is 1.49. The van der Waals surface area contributed by atoms with Gasteiger partial charge in [-0.15, -0.1) is 11.3 Å². The number of carbonyl (C=O) groups is 1. The van der Waals surface area contributed by atoms with Gasteiger partial charge in [0.15, 0.2) is 0 Å². The van der Waals surface area contributed by atoms with Crippen LogP contribution < -0.4 is 11.1 Å². The van der Waals surface area contributed by atoms with Gasteiger partial charge < -0.3 is 16.2 Å². The van der Waals surface area contributed by atoms with Crippen LogP contribution in [0.5, 0.6) is 0 Å². The smallest absolute Gasteiger partial charge is 0.226 e. The Hall–Kier alpha value is -0.980. The molecule has 0 aliphatic rings. The standard InChI is InChI=1S/C13H23N3O2S/c1-8(2)11(14)12-15-9(6-19-12)5-10(18)16-13(3,4)7-17/h6,8,11,17H,5,7,14H2,1-4H3,(H,16,18). The Labute approximate surface area is 118 Å². The van der Waals surface area contributed by atoms with Crippen LogP contribution >= 0.6 is 11.3 Å². The molecule has 1 atom stereocenters. The number of rotatable bonds is 6. The van der Waals surface area contributed by atoms with Gasteiger partial charge in [-0.05, 0) is 19.8 Å². The van der Waals surface area contributed by atoms with Crippen LogP contribution in [0.1, 0.15) is 44.4 Å². The number of nitrogens with two attached hydrogens (primary N) is 1. The second-order valence-corrected chi connectivity index (χ2v) is 6.60. The Morgan fingerprint density at radius 1 is 1.58 bits per heavy atom. The summed E-state index contributed by atoms with van der Waals surface area (Å²) in [5.41, 5.74) is 6.14. The summed E-state index contributed by atoms with van der Waals surface area (Å²) in [6.45, 7) is 7.53. The maximum atomic E-state index is 11.8. The summed E-state index contributed by atoms with van der Waals surface area (Å²) in [6.07, 6.45) is 0.213. The quantitative estimate of drug-likeness (QED) is 0.733. The van der Waals surface area contributed by atoms with Crippen LogP contribution in [0.3, 0.4) is 0 Å². The van der Waals surface area contributed by atoms with Crippen molar-refractivity contribution in [2.45, 2.75) is 45.7 Å². The second kappa shape index (κ2) is 6.45. The van der Waals surface area contributed by atoms with E-state index in [0.717, 1.165) is 10.7 Å². The van der Waals surface area contributed by atoms with E-state index in [1.54, 1.807) is 13.8 Å². The zero-order valence-corrected chi connectivity index (χ0v) is 12.8. The Morgan fingerprint density at radius 2 is 2.21 bits per heavy atom. The number of hydrogen-bond acceptors (Lipinski definition) is 5. The monoisotopic (exact) mass is 285 g/mol. The molecule has 0 fully saturated rings. The average molecular weight is 285 g/mol. The van der Waals surface area contributed by atoms with Crippen molar-refractivity contribution >= 4 is 17.2 Å². The third-order valence-corrected chi connectivity index (χ3v) is 3.78. The Bertz CT molecular complexity index is 429. The van der Waals surface area contributed by atoms with Gasteiger partial charge in [-0.1, -0.05) is 13.8 Å². The molecule has 0 spiro atoms. The summed E-state index contributed by atoms with van der Waals surface area (Å²) < 4.78 is 0. The zero-order chi connectivity index (χ0) is 14.6. The highest BCUT2D eigenvalue weighted by molar-refractivity contribution is 7.09. The van der Waals surface area contributed by atoms with Crippen LogP contribution in [-0.4, -0.2) is 28.1 Å². The van der Waals surface area contributed by atoms with Crippen LogP contribution in [0.4, 0.5) is 0 Å². The lowest BCUT2D eigenvalue weighted by Gasteiger charge is -2.23. The zero-order valence-electron chi connectivity index (χ0n) is 11.9. The maximum Gasteiger partial charge on any atom is 0.226 e. The number of nitrogens with one attached hydrogen (secondary N) is 1. The molecule has 5 nitrogen and oxygen atoms in total. The van der Waals surface area contributed by atoms with Gasteiger partial charge in [0.2, 0.25) is 5.91 Å². The molecular formula is C13H23N3O2S. The lowest BCUT2D eigenvalue weighted by molar-refractivity contribution is -0.122. The van der Waals surface area contributed by atoms with Crippen LogP contribution in [0, 0.1) is 5.92 Å². The first-order valence-corrected chi connectivity index (χ1v) is 7.25. The van der Waals surface area contributed by atoms with Crippen molar-refractivity contribution in [1.82, 2.24) is 10.3 Å². The van der Waals surface area contributed by atoms with Crippen molar-refractivity contribution in [2.75, 3.05) is 6.61 Å². The molecule has 0 aliphatic carbocycles. The van der Waals surface area contributed by atoms with E-state index >= 15 is 0 Å². The molecule has 0 aromatic carbocycles. The molecule has 4 N–H and O–H groups in total. The fourth-order valence-corrected chi connectivity index (χ4v) is 2.46. The number of thiazole rings is 1. The molecule has 0 saturated carbocycles. The topological polar surface area (TPSA) is 88.2 Å². The van der Waals surface area contributed by atoms with Gasteiger partial charge in [-0.2, -0.15) is 0 Å². The molecule has 1 aromatic rings. The second-order valence-electron chi connectivity index (χ2n) is 5.71. The van der Waals surface area contributed by atoms with E-state index in [4.69, 9.17) is 10.8 Å². The minimum absolute atomic E-state index is 0.0873. The largest absolute Gasteiger partial charge is 0.394 e. The van der Waals surface area contributed by atoms with Crippen molar-refractivity contribution in [1.29, 1.82) is 0 Å². The summed E-state index contributed by atoms with van der Waals surface area (Å²) in [5.74, 6) is 0.176. The molecule has 1 rings (SSSR count). The van der Waals surface area contributed by atoms with Gasteiger partial charge in [0, 0.05) is 5.38 Å². The number of aromatic nitrogens is 1. The van der Waals surface area contributed by atoms with Crippen molar-refractivity contribution in [3.05, 3.63) is 16.1 Å². The molecule has 0 aliphatic heterocycles. The first-order chi connectivity index (χ1) is 8.75. The third kappa shape index (κ3) is 4.89. The molecule has 0 radical (unpaired) electrons. The first kappa shape index (κ1) is 16.1. The van der Waals surface area contributed by atoms with Gasteiger partial charge in [-0.3, -0.25) is 4.79 Å². The van der Waals surface area contributed by atoms with Gasteiger partial charge in [0.25, 0.3) is 0 Å². The number of aliphatic hydroxyl groups is 1. The Morgan fingerprint density at radius 3 is 2.74 bits per heavy atom. The van der Waals surface area contributed by atoms with E-state index in [2.05, 4.69) is 10.3 Å². The minimum atomic E-state index is -0.607. The van der Waals surface area contributed by atoms with Crippen molar-refractivity contribution in [2.24, 2.45) is 11.7 Å². The molecule has 19 heavy (non-hydrogen) atoms. The van der Waals surface area contributed by atoms with Crippen molar-refractivity contribution in [3.8, 4) is 0 Å². The number of hydrogen-bond donors (Lipinski definition) is 3.